The molecule has 0 aliphatic carbocycles. The Bertz CT molecular complexity index is 845. The van der Waals surface area contributed by atoms with Crippen LogP contribution in [0, 0.1) is 5.92 Å². The molecule has 2 N–H and O–H groups in total. The van der Waals surface area contributed by atoms with Crippen molar-refractivity contribution in [1.29, 1.82) is 0 Å². The summed E-state index contributed by atoms with van der Waals surface area (Å²) in [4.78, 5) is 7.66. The van der Waals surface area contributed by atoms with Crippen LogP contribution in [0.4, 0.5) is 0 Å². The van der Waals surface area contributed by atoms with Gasteiger partial charge in [-0.15, -0.1) is 10.2 Å². The lowest BCUT2D eigenvalue weighted by Gasteiger charge is -2.48. The van der Waals surface area contributed by atoms with Gasteiger partial charge in [0.25, 0.3) is 0 Å². The van der Waals surface area contributed by atoms with Crippen molar-refractivity contribution >= 4 is 23.3 Å². The Morgan fingerprint density at radius 1 is 1.09 bits per heavy atom. The molecule has 0 amide bonds. The Labute approximate surface area is 196 Å². The van der Waals surface area contributed by atoms with Gasteiger partial charge in [0.05, 0.1) is 19.1 Å². The minimum atomic E-state index is 0.300. The molecule has 4 aliphatic rings. The van der Waals surface area contributed by atoms with Gasteiger partial charge in [-0.1, -0.05) is 30.7 Å². The smallest absolute Gasteiger partial charge is 0.135 e. The summed E-state index contributed by atoms with van der Waals surface area (Å²) in [5.74, 6) is 2.49. The molecular weight excluding hydrogens is 424 g/mol. The highest BCUT2D eigenvalue weighted by Gasteiger charge is 2.37. The van der Waals surface area contributed by atoms with E-state index in [0.29, 0.717) is 30.4 Å². The van der Waals surface area contributed by atoms with E-state index in [1.54, 1.807) is 0 Å². The Balaban J connectivity index is 1.23. The van der Waals surface area contributed by atoms with Crippen molar-refractivity contribution in [2.24, 2.45) is 21.9 Å². The van der Waals surface area contributed by atoms with Crippen LogP contribution in [-0.4, -0.2) is 90.4 Å². The van der Waals surface area contributed by atoms with E-state index in [1.165, 1.54) is 18.7 Å². The first kappa shape index (κ1) is 22.1. The van der Waals surface area contributed by atoms with Gasteiger partial charge in [0.2, 0.25) is 0 Å². The highest BCUT2D eigenvalue weighted by Crippen LogP contribution is 2.27. The third-order valence-electron chi connectivity index (χ3n) is 7.33. The van der Waals surface area contributed by atoms with E-state index in [1.807, 2.05) is 12.1 Å². The molecule has 0 spiro atoms. The van der Waals surface area contributed by atoms with Crippen LogP contribution in [0.2, 0.25) is 5.02 Å². The summed E-state index contributed by atoms with van der Waals surface area (Å²) in [6.07, 6.45) is 4.28. The van der Waals surface area contributed by atoms with E-state index < -0.39 is 0 Å². The average Bonchev–Trinajstić information content (AvgIpc) is 3.22. The van der Waals surface area contributed by atoms with Crippen LogP contribution < -0.4 is 5.73 Å². The van der Waals surface area contributed by atoms with Crippen molar-refractivity contribution in [3.8, 4) is 0 Å². The van der Waals surface area contributed by atoms with Crippen molar-refractivity contribution in [1.82, 2.24) is 14.7 Å². The highest BCUT2D eigenvalue weighted by molar-refractivity contribution is 6.30. The number of hydrogen-bond donors (Lipinski definition) is 1. The largest absolute Gasteiger partial charge is 0.385 e. The molecule has 174 valence electrons. The van der Waals surface area contributed by atoms with E-state index in [2.05, 4.69) is 44.0 Å². The van der Waals surface area contributed by atoms with Crippen molar-refractivity contribution in [2.45, 2.75) is 50.8 Å². The second-order valence-corrected chi connectivity index (χ2v) is 10.4. The molecule has 5 rings (SSSR count). The van der Waals surface area contributed by atoms with E-state index >= 15 is 0 Å². The van der Waals surface area contributed by atoms with E-state index in [-0.39, 0.29) is 0 Å². The number of likely N-dealkylation sites (tertiary alicyclic amines) is 2. The molecule has 1 aromatic rings. The summed E-state index contributed by atoms with van der Waals surface area (Å²) in [5, 5.41) is 9.09. The molecule has 2 atom stereocenters. The van der Waals surface area contributed by atoms with Gasteiger partial charge in [-0.25, -0.2) is 0 Å². The highest BCUT2D eigenvalue weighted by atomic mass is 35.5. The summed E-state index contributed by atoms with van der Waals surface area (Å²) in [6, 6.07) is 9.27. The molecule has 7 nitrogen and oxygen atoms in total. The lowest BCUT2D eigenvalue weighted by atomic mass is 9.95. The third-order valence-corrected chi connectivity index (χ3v) is 7.58. The van der Waals surface area contributed by atoms with E-state index in [9.17, 15) is 0 Å². The number of piperidine rings is 1. The zero-order chi connectivity index (χ0) is 22.1. The van der Waals surface area contributed by atoms with Crippen LogP contribution >= 0.6 is 11.6 Å². The molecule has 8 heteroatoms. The van der Waals surface area contributed by atoms with Crippen LogP contribution in [0.25, 0.3) is 0 Å². The van der Waals surface area contributed by atoms with Gasteiger partial charge in [0.15, 0.2) is 0 Å². The van der Waals surface area contributed by atoms with E-state index in [0.717, 1.165) is 68.8 Å². The van der Waals surface area contributed by atoms with Crippen molar-refractivity contribution < 1.29 is 4.74 Å². The molecule has 0 saturated carbocycles. The molecule has 0 unspecified atom stereocenters. The predicted octanol–water partition coefficient (Wildman–Crippen LogP) is 2.44. The van der Waals surface area contributed by atoms with Gasteiger partial charge in [-0.3, -0.25) is 4.90 Å². The van der Waals surface area contributed by atoms with Gasteiger partial charge in [0, 0.05) is 56.4 Å². The van der Waals surface area contributed by atoms with Gasteiger partial charge in [0.1, 0.15) is 11.7 Å². The maximum Gasteiger partial charge on any atom is 0.135 e. The number of hydrogen-bond acceptors (Lipinski definition) is 7. The summed E-state index contributed by atoms with van der Waals surface area (Å²) < 4.78 is 6.40. The number of morpholine rings is 1. The molecule has 0 aromatic heterocycles. The predicted molar refractivity (Wildman–Crippen MR) is 129 cm³/mol. The van der Waals surface area contributed by atoms with Crippen molar-refractivity contribution in [2.75, 3.05) is 45.9 Å². The summed E-state index contributed by atoms with van der Waals surface area (Å²) >= 11 is 6.11. The van der Waals surface area contributed by atoms with Gasteiger partial charge < -0.3 is 20.3 Å². The van der Waals surface area contributed by atoms with Crippen molar-refractivity contribution in [3.63, 3.8) is 0 Å². The number of nitrogens with two attached hydrogens (primary N) is 1. The first-order valence-corrected chi connectivity index (χ1v) is 12.4. The monoisotopic (exact) mass is 458 g/mol. The maximum atomic E-state index is 6.40. The van der Waals surface area contributed by atoms with Crippen LogP contribution in [0.15, 0.2) is 34.5 Å². The summed E-state index contributed by atoms with van der Waals surface area (Å²) in [5.41, 5.74) is 7.16. The molecule has 4 aliphatic heterocycles. The fourth-order valence-corrected chi connectivity index (χ4v) is 5.78. The van der Waals surface area contributed by atoms with Crippen LogP contribution in [0.1, 0.15) is 31.7 Å². The second-order valence-electron chi connectivity index (χ2n) is 9.96. The number of benzene rings is 1. The number of rotatable bonds is 5. The van der Waals surface area contributed by atoms with Gasteiger partial charge >= 0.3 is 0 Å². The Morgan fingerprint density at radius 2 is 1.84 bits per heavy atom. The number of amidine groups is 2. The first-order chi connectivity index (χ1) is 15.5. The summed E-state index contributed by atoms with van der Waals surface area (Å²) in [6.45, 7) is 9.66. The molecular formula is C24H35ClN6O. The Morgan fingerprint density at radius 3 is 2.50 bits per heavy atom. The zero-order valence-corrected chi connectivity index (χ0v) is 19.8. The fourth-order valence-electron chi connectivity index (χ4n) is 5.66. The molecule has 4 heterocycles. The van der Waals surface area contributed by atoms with Gasteiger partial charge in [-0.05, 0) is 42.9 Å². The Kier molecular flexibility index (Phi) is 6.69. The number of halogens is 1. The normalized spacial score (nSPS) is 28.5. The first-order valence-electron chi connectivity index (χ1n) is 12.0. The fraction of sp³-hybridized carbons (Fsp3) is 0.667. The third kappa shape index (κ3) is 5.11. The molecule has 3 saturated heterocycles. The molecule has 3 fully saturated rings. The lowest BCUT2D eigenvalue weighted by Crippen LogP contribution is -2.60. The SMILES string of the molecule is CC1CN(C[C@H]2CN(C3CCN(C4=NN=C(N)C4)CC3)[C@@H](Cc3ccc(Cl)cc3)CO2)C1. The van der Waals surface area contributed by atoms with Crippen LogP contribution in [0.3, 0.4) is 0 Å². The summed E-state index contributed by atoms with van der Waals surface area (Å²) in [7, 11) is 0. The standard InChI is InChI=1S/C24H35ClN6O/c1-17-12-29(13-17)14-22-15-31(21(16-32-22)10-18-2-4-19(25)5-3-18)20-6-8-30(9-7-20)24-11-23(26)27-28-24/h2-5,17,20-22H,6-16H2,1H3,(H2,26,27)/t21-,22-/m0/s1. The minimum absolute atomic E-state index is 0.300. The van der Waals surface area contributed by atoms with Crippen molar-refractivity contribution in [3.05, 3.63) is 34.9 Å². The molecule has 1 aromatic carbocycles. The lowest BCUT2D eigenvalue weighted by molar-refractivity contribution is -0.101. The number of ether oxygens (including phenoxy) is 1. The quantitative estimate of drug-likeness (QED) is 0.733. The maximum absolute atomic E-state index is 6.40. The van der Waals surface area contributed by atoms with Crippen LogP contribution in [-0.2, 0) is 11.2 Å². The van der Waals surface area contributed by atoms with E-state index in [4.69, 9.17) is 22.1 Å². The second kappa shape index (κ2) is 9.67. The molecule has 0 bridgehead atoms. The van der Waals surface area contributed by atoms with Gasteiger partial charge in [-0.2, -0.15) is 0 Å². The molecule has 0 radical (unpaired) electrons. The number of nitrogens with zero attached hydrogens (tertiary/aromatic N) is 5. The molecule has 32 heavy (non-hydrogen) atoms. The topological polar surface area (TPSA) is 69.7 Å². The zero-order valence-electron chi connectivity index (χ0n) is 19.0. The minimum Gasteiger partial charge on any atom is -0.385 e. The average molecular weight is 459 g/mol. The van der Waals surface area contributed by atoms with Crippen LogP contribution in [0.5, 0.6) is 0 Å². The Hall–Kier alpha value is -1.67.